The van der Waals surface area contributed by atoms with Gasteiger partial charge in [0, 0.05) is 36.9 Å². The molecule has 1 aromatic carbocycles. The summed E-state index contributed by atoms with van der Waals surface area (Å²) in [5.41, 5.74) is 2.81. The Morgan fingerprint density at radius 1 is 1.14 bits per heavy atom. The van der Waals surface area contributed by atoms with Crippen LogP contribution in [-0.4, -0.2) is 32.3 Å². The van der Waals surface area contributed by atoms with Gasteiger partial charge in [0.05, 0.1) is 11.4 Å². The van der Waals surface area contributed by atoms with Crippen LogP contribution < -0.4 is 4.72 Å². The highest BCUT2D eigenvalue weighted by Gasteiger charge is 2.20. The van der Waals surface area contributed by atoms with Crippen molar-refractivity contribution in [1.29, 1.82) is 0 Å². The average molecular weight is 396 g/mol. The summed E-state index contributed by atoms with van der Waals surface area (Å²) in [4.78, 5) is 12.9. The molecule has 0 amide bonds. The maximum atomic E-state index is 12.8. The van der Waals surface area contributed by atoms with E-state index in [1.165, 1.54) is 0 Å². The number of sulfonamides is 1. The van der Waals surface area contributed by atoms with Crippen LogP contribution in [-0.2, 0) is 16.6 Å². The third-order valence-electron chi connectivity index (χ3n) is 4.58. The number of hydrogen-bond donors (Lipinski definition) is 1. The van der Waals surface area contributed by atoms with Gasteiger partial charge < -0.3 is 4.57 Å². The molecule has 0 radical (unpaired) electrons. The van der Waals surface area contributed by atoms with Crippen molar-refractivity contribution in [2.24, 2.45) is 0 Å². The number of aromatic nitrogens is 5. The van der Waals surface area contributed by atoms with Crippen molar-refractivity contribution in [3.63, 3.8) is 0 Å². The van der Waals surface area contributed by atoms with Crippen molar-refractivity contribution >= 4 is 21.5 Å². The number of hydrogen-bond acceptors (Lipinski definition) is 5. The lowest BCUT2D eigenvalue weighted by molar-refractivity contribution is 0.598. The largest absolute Gasteiger partial charge is 0.334 e. The van der Waals surface area contributed by atoms with E-state index in [0.29, 0.717) is 29.5 Å². The summed E-state index contributed by atoms with van der Waals surface area (Å²) < 4.78 is 31.9. The molecule has 0 aliphatic rings. The smallest absolute Gasteiger partial charge is 0.280 e. The zero-order valence-electron chi connectivity index (χ0n) is 15.8. The molecule has 0 bridgehead atoms. The Labute approximate surface area is 163 Å². The highest BCUT2D eigenvalue weighted by atomic mass is 32.2. The van der Waals surface area contributed by atoms with E-state index in [1.807, 2.05) is 48.8 Å². The molecule has 4 rings (SSSR count). The van der Waals surface area contributed by atoms with E-state index in [2.05, 4.69) is 19.7 Å². The van der Waals surface area contributed by atoms with E-state index < -0.39 is 10.0 Å². The Morgan fingerprint density at radius 2 is 1.96 bits per heavy atom. The molecule has 0 atom stereocenters. The van der Waals surface area contributed by atoms with E-state index in [1.54, 1.807) is 30.0 Å². The average Bonchev–Trinajstić information content (AvgIpc) is 3.27. The van der Waals surface area contributed by atoms with Gasteiger partial charge in [-0.15, -0.1) is 0 Å². The van der Waals surface area contributed by atoms with Crippen LogP contribution in [0.4, 0.5) is 5.69 Å². The topological polar surface area (TPSA) is 94.2 Å². The normalized spacial score (nSPS) is 11.8. The highest BCUT2D eigenvalue weighted by Crippen LogP contribution is 2.26. The summed E-state index contributed by atoms with van der Waals surface area (Å²) in [6.45, 7) is 6.23. The molecule has 3 heterocycles. The van der Waals surface area contributed by atoms with Crippen molar-refractivity contribution in [2.75, 3.05) is 4.72 Å². The number of rotatable bonds is 5. The van der Waals surface area contributed by atoms with Crippen LogP contribution in [0.2, 0.25) is 0 Å². The minimum absolute atomic E-state index is 0.00795. The summed E-state index contributed by atoms with van der Waals surface area (Å²) in [5.74, 6) is 1.24. The van der Waals surface area contributed by atoms with Crippen LogP contribution in [0.25, 0.3) is 17.0 Å². The maximum Gasteiger partial charge on any atom is 0.280 e. The lowest BCUT2D eigenvalue weighted by Crippen LogP contribution is -2.14. The molecule has 8 nitrogen and oxygen atoms in total. The number of benzene rings is 1. The molecule has 9 heteroatoms. The third kappa shape index (κ3) is 3.24. The summed E-state index contributed by atoms with van der Waals surface area (Å²) in [7, 11) is -3.79. The van der Waals surface area contributed by atoms with Gasteiger partial charge >= 0.3 is 0 Å². The first kappa shape index (κ1) is 18.2. The Balaban J connectivity index is 1.70. The molecule has 3 aromatic heterocycles. The standard InChI is InChI=1S/C19H20N6O2S/c1-4-24-12-18(21-14(24)3)28(26,27)23-16-10-15(7-6-13(16)2)17-11-25-9-5-8-20-19(25)22-17/h5-12,23H,4H2,1-3H3. The fourth-order valence-electron chi connectivity index (χ4n) is 2.99. The second-order valence-corrected chi connectivity index (χ2v) is 8.13. The molecule has 28 heavy (non-hydrogen) atoms. The summed E-state index contributed by atoms with van der Waals surface area (Å²) in [6, 6.07) is 7.37. The summed E-state index contributed by atoms with van der Waals surface area (Å²) >= 11 is 0. The minimum Gasteiger partial charge on any atom is -0.334 e. The second kappa shape index (κ2) is 6.75. The molecule has 0 saturated heterocycles. The quantitative estimate of drug-likeness (QED) is 0.560. The highest BCUT2D eigenvalue weighted by molar-refractivity contribution is 7.92. The minimum atomic E-state index is -3.79. The second-order valence-electron chi connectivity index (χ2n) is 6.50. The first-order chi connectivity index (χ1) is 13.4. The van der Waals surface area contributed by atoms with Crippen LogP contribution in [0.1, 0.15) is 18.3 Å². The van der Waals surface area contributed by atoms with Crippen molar-refractivity contribution in [3.05, 3.63) is 60.4 Å². The first-order valence-corrected chi connectivity index (χ1v) is 10.3. The van der Waals surface area contributed by atoms with Crippen molar-refractivity contribution < 1.29 is 8.42 Å². The summed E-state index contributed by atoms with van der Waals surface area (Å²) in [5, 5.41) is 0.00795. The number of fused-ring (bicyclic) bond motifs is 1. The molecule has 1 N–H and O–H groups in total. The number of aryl methyl sites for hydroxylation is 3. The molecular formula is C19H20N6O2S. The molecule has 0 unspecified atom stereocenters. The molecule has 0 aliphatic carbocycles. The summed E-state index contributed by atoms with van der Waals surface area (Å²) in [6.07, 6.45) is 6.95. The van der Waals surface area contributed by atoms with E-state index in [0.717, 1.165) is 11.1 Å². The molecule has 4 aromatic rings. The van der Waals surface area contributed by atoms with Gasteiger partial charge in [-0.3, -0.25) is 9.12 Å². The predicted octanol–water partition coefficient (Wildman–Crippen LogP) is 3.03. The van der Waals surface area contributed by atoms with Gasteiger partial charge in [0.2, 0.25) is 5.78 Å². The van der Waals surface area contributed by atoms with Gasteiger partial charge in [0.25, 0.3) is 10.0 Å². The predicted molar refractivity (Wildman–Crippen MR) is 107 cm³/mol. The first-order valence-electron chi connectivity index (χ1n) is 8.85. The van der Waals surface area contributed by atoms with Gasteiger partial charge in [-0.25, -0.2) is 15.0 Å². The third-order valence-corrected chi connectivity index (χ3v) is 5.82. The molecule has 0 saturated carbocycles. The van der Waals surface area contributed by atoms with Crippen LogP contribution in [0.5, 0.6) is 0 Å². The Morgan fingerprint density at radius 3 is 2.68 bits per heavy atom. The van der Waals surface area contributed by atoms with Gasteiger partial charge in [-0.1, -0.05) is 12.1 Å². The molecular weight excluding hydrogens is 376 g/mol. The Bertz CT molecular complexity index is 1240. The van der Waals surface area contributed by atoms with Gasteiger partial charge in [0.15, 0.2) is 5.03 Å². The number of nitrogens with one attached hydrogen (secondary N) is 1. The van der Waals surface area contributed by atoms with E-state index in [-0.39, 0.29) is 5.03 Å². The van der Waals surface area contributed by atoms with Crippen LogP contribution in [0.15, 0.2) is 54.1 Å². The monoisotopic (exact) mass is 396 g/mol. The van der Waals surface area contributed by atoms with E-state index in [4.69, 9.17) is 0 Å². The Hall–Kier alpha value is -3.20. The zero-order valence-corrected chi connectivity index (χ0v) is 16.6. The van der Waals surface area contributed by atoms with Gasteiger partial charge in [-0.05, 0) is 38.5 Å². The van der Waals surface area contributed by atoms with Crippen LogP contribution in [0.3, 0.4) is 0 Å². The number of nitrogens with zero attached hydrogens (tertiary/aromatic N) is 5. The van der Waals surface area contributed by atoms with Gasteiger partial charge in [-0.2, -0.15) is 8.42 Å². The SMILES string of the molecule is CCn1cc(S(=O)(=O)Nc2cc(-c3cn4cccnc4n3)ccc2C)nc1C. The van der Waals surface area contributed by atoms with Crippen molar-refractivity contribution in [2.45, 2.75) is 32.3 Å². The fourth-order valence-corrected chi connectivity index (χ4v) is 4.12. The molecule has 144 valence electrons. The molecule has 0 aliphatic heterocycles. The fraction of sp³-hybridized carbons (Fsp3) is 0.211. The maximum absolute atomic E-state index is 12.8. The lowest BCUT2D eigenvalue weighted by Gasteiger charge is -2.10. The van der Waals surface area contributed by atoms with E-state index >= 15 is 0 Å². The number of anilines is 1. The van der Waals surface area contributed by atoms with Crippen molar-refractivity contribution in [3.8, 4) is 11.3 Å². The molecule has 0 spiro atoms. The van der Waals surface area contributed by atoms with Crippen molar-refractivity contribution in [1.82, 2.24) is 23.9 Å². The number of imidazole rings is 2. The Kier molecular flexibility index (Phi) is 4.38. The van der Waals surface area contributed by atoms with Crippen LogP contribution in [0, 0.1) is 13.8 Å². The zero-order chi connectivity index (χ0) is 19.9. The lowest BCUT2D eigenvalue weighted by atomic mass is 10.1. The van der Waals surface area contributed by atoms with Crippen LogP contribution >= 0.6 is 0 Å². The molecule has 0 fully saturated rings. The van der Waals surface area contributed by atoms with Gasteiger partial charge in [0.1, 0.15) is 5.82 Å². The van der Waals surface area contributed by atoms with E-state index in [9.17, 15) is 8.42 Å².